The zero-order valence-electron chi connectivity index (χ0n) is 12.2. The van der Waals surface area contributed by atoms with Crippen LogP contribution in [0.25, 0.3) is 0 Å². The Hall–Kier alpha value is -2.12. The molecule has 0 radical (unpaired) electrons. The lowest BCUT2D eigenvalue weighted by molar-refractivity contribution is 0.0690. The normalized spacial score (nSPS) is 12.2. The fourth-order valence-electron chi connectivity index (χ4n) is 1.54. The third-order valence-corrected chi connectivity index (χ3v) is 3.27. The number of hydrogen-bond acceptors (Lipinski definition) is 4. The molecule has 1 heterocycles. The van der Waals surface area contributed by atoms with Crippen molar-refractivity contribution in [3.05, 3.63) is 11.9 Å². The monoisotopic (exact) mass is 283 g/mol. The Morgan fingerprint density at radius 1 is 1.45 bits per heavy atom. The van der Waals surface area contributed by atoms with E-state index in [1.54, 1.807) is 11.9 Å². The van der Waals surface area contributed by atoms with E-state index in [1.165, 1.54) is 10.9 Å². The van der Waals surface area contributed by atoms with Crippen LogP contribution in [0.1, 0.15) is 31.3 Å². The summed E-state index contributed by atoms with van der Waals surface area (Å²) in [4.78, 5) is 24.1. The standard InChI is InChI=1S/C12H21N5O3/c1-8(2)9(3)16(4)12(20)13-5-6-17-7-10(11(18)19)14-15-17/h7-9H,5-6H2,1-4H3,(H,13,20)(H,18,19). The van der Waals surface area contributed by atoms with Gasteiger partial charge in [0.25, 0.3) is 0 Å². The van der Waals surface area contributed by atoms with Gasteiger partial charge in [0, 0.05) is 19.6 Å². The van der Waals surface area contributed by atoms with E-state index in [-0.39, 0.29) is 17.8 Å². The van der Waals surface area contributed by atoms with Crippen LogP contribution in [-0.2, 0) is 6.54 Å². The van der Waals surface area contributed by atoms with Crippen molar-refractivity contribution in [2.45, 2.75) is 33.4 Å². The first-order chi connectivity index (χ1) is 9.32. The summed E-state index contributed by atoms with van der Waals surface area (Å²) < 4.78 is 1.38. The number of carbonyl (C=O) groups is 2. The van der Waals surface area contributed by atoms with E-state index in [4.69, 9.17) is 5.11 Å². The minimum absolute atomic E-state index is 0.109. The van der Waals surface area contributed by atoms with Gasteiger partial charge in [0.2, 0.25) is 0 Å². The molecule has 20 heavy (non-hydrogen) atoms. The minimum atomic E-state index is -1.12. The molecule has 0 fully saturated rings. The Kier molecular flexibility index (Phi) is 5.48. The van der Waals surface area contributed by atoms with Crippen molar-refractivity contribution in [3.63, 3.8) is 0 Å². The SMILES string of the molecule is CC(C)C(C)N(C)C(=O)NCCn1cc(C(=O)O)nn1. The van der Waals surface area contributed by atoms with E-state index in [0.717, 1.165) is 0 Å². The van der Waals surface area contributed by atoms with E-state index in [0.29, 0.717) is 19.0 Å². The number of aromatic carboxylic acids is 1. The van der Waals surface area contributed by atoms with Crippen LogP contribution in [0.3, 0.4) is 0 Å². The van der Waals surface area contributed by atoms with Crippen LogP contribution in [0.2, 0.25) is 0 Å². The summed E-state index contributed by atoms with van der Waals surface area (Å²) in [5, 5.41) is 18.6. The number of rotatable bonds is 6. The van der Waals surface area contributed by atoms with E-state index < -0.39 is 5.97 Å². The molecule has 0 aliphatic heterocycles. The Balaban J connectivity index is 2.39. The molecule has 0 saturated heterocycles. The highest BCUT2D eigenvalue weighted by molar-refractivity contribution is 5.84. The quantitative estimate of drug-likeness (QED) is 0.799. The van der Waals surface area contributed by atoms with Gasteiger partial charge in [-0.1, -0.05) is 19.1 Å². The molecule has 1 aromatic rings. The fourth-order valence-corrected chi connectivity index (χ4v) is 1.54. The third kappa shape index (κ3) is 4.22. The summed E-state index contributed by atoms with van der Waals surface area (Å²) in [6.45, 7) is 6.82. The number of carboxylic acids is 1. The molecule has 0 saturated carbocycles. The first-order valence-electron chi connectivity index (χ1n) is 6.47. The smallest absolute Gasteiger partial charge is 0.358 e. The number of aromatic nitrogens is 3. The summed E-state index contributed by atoms with van der Waals surface area (Å²) in [6, 6.07) is -0.0234. The molecule has 0 aliphatic rings. The maximum atomic E-state index is 11.9. The molecular formula is C12H21N5O3. The third-order valence-electron chi connectivity index (χ3n) is 3.27. The molecular weight excluding hydrogens is 262 g/mol. The van der Waals surface area contributed by atoms with Crippen LogP contribution < -0.4 is 5.32 Å². The first kappa shape index (κ1) is 15.9. The second-order valence-electron chi connectivity index (χ2n) is 5.00. The predicted octanol–water partition coefficient (Wildman–Crippen LogP) is 0.662. The van der Waals surface area contributed by atoms with Gasteiger partial charge in [-0.15, -0.1) is 5.10 Å². The van der Waals surface area contributed by atoms with Crippen molar-refractivity contribution in [3.8, 4) is 0 Å². The maximum absolute atomic E-state index is 11.9. The Morgan fingerprint density at radius 2 is 2.10 bits per heavy atom. The van der Waals surface area contributed by atoms with Crippen molar-refractivity contribution in [2.75, 3.05) is 13.6 Å². The molecule has 8 heteroatoms. The number of amides is 2. The fraction of sp³-hybridized carbons (Fsp3) is 0.667. The Bertz CT molecular complexity index is 471. The van der Waals surface area contributed by atoms with Crippen LogP contribution >= 0.6 is 0 Å². The van der Waals surface area contributed by atoms with Gasteiger partial charge in [0.1, 0.15) is 0 Å². The van der Waals surface area contributed by atoms with Gasteiger partial charge in [0.15, 0.2) is 5.69 Å². The van der Waals surface area contributed by atoms with Gasteiger partial charge in [-0.25, -0.2) is 14.3 Å². The lowest BCUT2D eigenvalue weighted by atomic mass is 10.1. The number of carbonyl (C=O) groups excluding carboxylic acids is 1. The van der Waals surface area contributed by atoms with Crippen molar-refractivity contribution in [1.29, 1.82) is 0 Å². The molecule has 0 spiro atoms. The number of nitrogens with zero attached hydrogens (tertiary/aromatic N) is 4. The van der Waals surface area contributed by atoms with Gasteiger partial charge in [0.05, 0.1) is 12.7 Å². The molecule has 2 amide bonds. The summed E-state index contributed by atoms with van der Waals surface area (Å²) >= 11 is 0. The number of hydrogen-bond donors (Lipinski definition) is 2. The molecule has 112 valence electrons. The highest BCUT2D eigenvalue weighted by Crippen LogP contribution is 2.07. The zero-order chi connectivity index (χ0) is 15.3. The Labute approximate surface area is 117 Å². The topological polar surface area (TPSA) is 100 Å². The molecule has 1 aromatic heterocycles. The van der Waals surface area contributed by atoms with Gasteiger partial charge in [-0.2, -0.15) is 0 Å². The summed E-state index contributed by atoms with van der Waals surface area (Å²) in [5.74, 6) is -0.745. The van der Waals surface area contributed by atoms with Crippen LogP contribution in [0.15, 0.2) is 6.20 Å². The lowest BCUT2D eigenvalue weighted by Gasteiger charge is -2.28. The molecule has 1 atom stereocenters. The van der Waals surface area contributed by atoms with Gasteiger partial charge in [-0.3, -0.25) is 0 Å². The Morgan fingerprint density at radius 3 is 2.60 bits per heavy atom. The second-order valence-corrected chi connectivity index (χ2v) is 5.00. The average Bonchev–Trinajstić information content (AvgIpc) is 2.85. The largest absolute Gasteiger partial charge is 0.476 e. The highest BCUT2D eigenvalue weighted by atomic mass is 16.4. The van der Waals surface area contributed by atoms with E-state index >= 15 is 0 Å². The van der Waals surface area contributed by atoms with Crippen LogP contribution in [0.5, 0.6) is 0 Å². The van der Waals surface area contributed by atoms with Crippen molar-refractivity contribution in [2.24, 2.45) is 5.92 Å². The van der Waals surface area contributed by atoms with Crippen LogP contribution in [0, 0.1) is 5.92 Å². The average molecular weight is 283 g/mol. The second kappa shape index (κ2) is 6.88. The molecule has 0 bridgehead atoms. The van der Waals surface area contributed by atoms with Crippen LogP contribution in [0.4, 0.5) is 4.79 Å². The number of carboxylic acid groups (broad SMARTS) is 1. The van der Waals surface area contributed by atoms with Crippen molar-refractivity contribution >= 4 is 12.0 Å². The summed E-state index contributed by atoms with van der Waals surface area (Å²) in [5.41, 5.74) is -0.109. The summed E-state index contributed by atoms with van der Waals surface area (Å²) in [7, 11) is 1.75. The minimum Gasteiger partial charge on any atom is -0.476 e. The molecule has 0 aromatic carbocycles. The zero-order valence-corrected chi connectivity index (χ0v) is 12.2. The van der Waals surface area contributed by atoms with Crippen molar-refractivity contribution in [1.82, 2.24) is 25.2 Å². The van der Waals surface area contributed by atoms with Crippen molar-refractivity contribution < 1.29 is 14.7 Å². The first-order valence-corrected chi connectivity index (χ1v) is 6.47. The predicted molar refractivity (Wildman–Crippen MR) is 72.4 cm³/mol. The molecule has 1 rings (SSSR count). The molecule has 1 unspecified atom stereocenters. The van der Waals surface area contributed by atoms with E-state index in [1.807, 2.05) is 6.92 Å². The molecule has 8 nitrogen and oxygen atoms in total. The van der Waals surface area contributed by atoms with Gasteiger partial charge in [-0.05, 0) is 12.8 Å². The molecule has 2 N–H and O–H groups in total. The lowest BCUT2D eigenvalue weighted by Crippen LogP contribution is -2.45. The summed E-state index contributed by atoms with van der Waals surface area (Å²) in [6.07, 6.45) is 1.33. The molecule has 0 aliphatic carbocycles. The van der Waals surface area contributed by atoms with Crippen LogP contribution in [-0.4, -0.2) is 56.6 Å². The number of nitrogens with one attached hydrogen (secondary N) is 1. The maximum Gasteiger partial charge on any atom is 0.358 e. The number of urea groups is 1. The van der Waals surface area contributed by atoms with E-state index in [9.17, 15) is 9.59 Å². The van der Waals surface area contributed by atoms with E-state index in [2.05, 4.69) is 29.5 Å². The van der Waals surface area contributed by atoms with Gasteiger partial charge < -0.3 is 15.3 Å². The highest BCUT2D eigenvalue weighted by Gasteiger charge is 2.17. The van der Waals surface area contributed by atoms with Gasteiger partial charge >= 0.3 is 12.0 Å².